The predicted octanol–water partition coefficient (Wildman–Crippen LogP) is 1.66. The van der Waals surface area contributed by atoms with Gasteiger partial charge in [0, 0.05) is 18.7 Å². The Morgan fingerprint density at radius 3 is 2.76 bits per heavy atom. The third kappa shape index (κ3) is 5.22. The number of aliphatic hydroxyl groups excluding tert-OH is 1. The number of hydrogen-bond donors (Lipinski definition) is 2. The lowest BCUT2D eigenvalue weighted by Crippen LogP contribution is -2.49. The van der Waals surface area contributed by atoms with Crippen molar-refractivity contribution in [1.82, 2.24) is 10.2 Å². The maximum atomic E-state index is 12.5. The second-order valence-electron chi connectivity index (χ2n) is 7.01. The van der Waals surface area contributed by atoms with Gasteiger partial charge in [-0.1, -0.05) is 5.92 Å². The van der Waals surface area contributed by atoms with E-state index in [1.165, 1.54) is 12.8 Å². The van der Waals surface area contributed by atoms with Crippen molar-refractivity contribution in [2.45, 2.75) is 37.8 Å². The molecule has 0 bridgehead atoms. The highest BCUT2D eigenvalue weighted by molar-refractivity contribution is 5.94. The topological polar surface area (TPSA) is 61.8 Å². The van der Waals surface area contributed by atoms with Gasteiger partial charge in [0.2, 0.25) is 0 Å². The van der Waals surface area contributed by atoms with Crippen molar-refractivity contribution in [3.63, 3.8) is 0 Å². The van der Waals surface area contributed by atoms with E-state index in [2.05, 4.69) is 16.1 Å². The highest BCUT2D eigenvalue weighted by Crippen LogP contribution is 2.30. The molecule has 1 aromatic rings. The van der Waals surface area contributed by atoms with E-state index in [9.17, 15) is 9.90 Å². The molecule has 2 fully saturated rings. The van der Waals surface area contributed by atoms with Gasteiger partial charge in [-0.3, -0.25) is 4.79 Å². The molecule has 0 aromatic heterocycles. The van der Waals surface area contributed by atoms with E-state index in [-0.39, 0.29) is 18.6 Å². The van der Waals surface area contributed by atoms with E-state index in [1.54, 1.807) is 24.3 Å². The maximum absolute atomic E-state index is 12.5. The van der Waals surface area contributed by atoms with E-state index in [0.29, 0.717) is 17.9 Å². The molecule has 1 heterocycles. The Balaban J connectivity index is 1.58. The molecule has 1 saturated carbocycles. The number of ether oxygens (including phenoxy) is 1. The van der Waals surface area contributed by atoms with Crippen LogP contribution in [0.15, 0.2) is 24.3 Å². The number of amides is 1. The lowest BCUT2D eigenvalue weighted by molar-refractivity contribution is 0.0799. The monoisotopic (exact) mass is 342 g/mol. The Morgan fingerprint density at radius 1 is 1.32 bits per heavy atom. The van der Waals surface area contributed by atoms with Crippen molar-refractivity contribution < 1.29 is 14.6 Å². The molecule has 25 heavy (non-hydrogen) atoms. The minimum Gasteiger partial charge on any atom is -0.481 e. The van der Waals surface area contributed by atoms with Crippen molar-refractivity contribution >= 4 is 5.91 Å². The molecule has 2 unspecified atom stereocenters. The normalized spacial score (nSPS) is 24.2. The Bertz CT molecular complexity index is 619. The van der Waals surface area contributed by atoms with Crippen molar-refractivity contribution in [1.29, 1.82) is 0 Å². The van der Waals surface area contributed by atoms with Crippen molar-refractivity contribution in [2.24, 2.45) is 5.92 Å². The molecular weight excluding hydrogens is 316 g/mol. The van der Waals surface area contributed by atoms with E-state index >= 15 is 0 Å². The van der Waals surface area contributed by atoms with Gasteiger partial charge in [-0.2, -0.15) is 0 Å². The third-order valence-electron chi connectivity index (χ3n) is 4.86. The summed E-state index contributed by atoms with van der Waals surface area (Å²) in [5.41, 5.74) is 0.554. The van der Waals surface area contributed by atoms with Gasteiger partial charge in [-0.25, -0.2) is 0 Å². The number of nitrogens with zero attached hydrogens (tertiary/aromatic N) is 1. The van der Waals surface area contributed by atoms with Crippen LogP contribution in [0.3, 0.4) is 0 Å². The summed E-state index contributed by atoms with van der Waals surface area (Å²) < 4.78 is 5.32. The summed E-state index contributed by atoms with van der Waals surface area (Å²) in [5, 5.41) is 13.4. The van der Waals surface area contributed by atoms with Crippen LogP contribution in [-0.2, 0) is 0 Å². The first-order valence-electron chi connectivity index (χ1n) is 9.03. The van der Waals surface area contributed by atoms with Gasteiger partial charge >= 0.3 is 0 Å². The number of hydrogen-bond acceptors (Lipinski definition) is 4. The second kappa shape index (κ2) is 8.37. The summed E-state index contributed by atoms with van der Waals surface area (Å²) in [4.78, 5) is 14.9. The van der Waals surface area contributed by atoms with Gasteiger partial charge in [-0.15, -0.1) is 6.42 Å². The molecule has 5 heteroatoms. The first-order chi connectivity index (χ1) is 12.2. The van der Waals surface area contributed by atoms with Gasteiger partial charge < -0.3 is 20.1 Å². The second-order valence-corrected chi connectivity index (χ2v) is 7.01. The van der Waals surface area contributed by atoms with Gasteiger partial charge in [-0.05, 0) is 62.4 Å². The van der Waals surface area contributed by atoms with E-state index < -0.39 is 6.10 Å². The molecule has 1 saturated heterocycles. The van der Waals surface area contributed by atoms with Crippen LogP contribution < -0.4 is 10.1 Å². The quantitative estimate of drug-likeness (QED) is 0.772. The summed E-state index contributed by atoms with van der Waals surface area (Å²) in [6.07, 6.45) is 8.99. The molecule has 2 atom stereocenters. The number of nitrogens with one attached hydrogen (secondary N) is 1. The number of benzene rings is 1. The van der Waals surface area contributed by atoms with Crippen LogP contribution in [0.4, 0.5) is 0 Å². The molecule has 2 N–H and O–H groups in total. The zero-order chi connectivity index (χ0) is 17.6. The summed E-state index contributed by atoms with van der Waals surface area (Å²) in [6, 6.07) is 6.66. The van der Waals surface area contributed by atoms with Crippen molar-refractivity contribution in [3.8, 4) is 18.1 Å². The molecule has 0 radical (unpaired) electrons. The summed E-state index contributed by atoms with van der Waals surface area (Å²) >= 11 is 0. The third-order valence-corrected chi connectivity index (χ3v) is 4.86. The Labute approximate surface area is 149 Å². The number of aliphatic hydroxyl groups is 1. The summed E-state index contributed by atoms with van der Waals surface area (Å²) in [6.45, 7) is 3.00. The lowest BCUT2D eigenvalue weighted by atomic mass is 10.1. The zero-order valence-electron chi connectivity index (χ0n) is 14.5. The Kier molecular flexibility index (Phi) is 5.95. The Hall–Kier alpha value is -2.03. The molecule has 1 amide bonds. The zero-order valence-corrected chi connectivity index (χ0v) is 14.5. The Morgan fingerprint density at radius 2 is 2.08 bits per heavy atom. The maximum Gasteiger partial charge on any atom is 0.251 e. The van der Waals surface area contributed by atoms with Crippen LogP contribution in [0.25, 0.3) is 0 Å². The minimum atomic E-state index is -0.494. The number of carbonyl (C=O) groups is 1. The average Bonchev–Trinajstić information content (AvgIpc) is 3.44. The van der Waals surface area contributed by atoms with E-state index in [0.717, 1.165) is 31.8 Å². The number of likely N-dealkylation sites (tertiary alicyclic amines) is 1. The predicted molar refractivity (Wildman–Crippen MR) is 96.4 cm³/mol. The largest absolute Gasteiger partial charge is 0.481 e. The van der Waals surface area contributed by atoms with Crippen LogP contribution in [-0.4, -0.2) is 54.3 Å². The summed E-state index contributed by atoms with van der Waals surface area (Å²) in [5.74, 6) is 3.69. The average molecular weight is 342 g/mol. The van der Waals surface area contributed by atoms with E-state index in [1.807, 2.05) is 0 Å². The van der Waals surface area contributed by atoms with Gasteiger partial charge in [0.1, 0.15) is 12.4 Å². The molecule has 2 aliphatic rings. The first kappa shape index (κ1) is 17.8. The molecule has 3 rings (SSSR count). The molecule has 1 aliphatic heterocycles. The number of carbonyl (C=O) groups excluding carboxylic acids is 1. The van der Waals surface area contributed by atoms with Crippen LogP contribution in [0.1, 0.15) is 36.0 Å². The highest BCUT2D eigenvalue weighted by Gasteiger charge is 2.30. The molecular formula is C20H26N2O3. The van der Waals surface area contributed by atoms with Crippen LogP contribution in [0.2, 0.25) is 0 Å². The van der Waals surface area contributed by atoms with Crippen LogP contribution >= 0.6 is 0 Å². The molecule has 134 valence electrons. The molecule has 1 aromatic carbocycles. The van der Waals surface area contributed by atoms with Crippen LogP contribution in [0.5, 0.6) is 5.75 Å². The van der Waals surface area contributed by atoms with Gasteiger partial charge in [0.15, 0.2) is 0 Å². The van der Waals surface area contributed by atoms with Crippen LogP contribution in [0, 0.1) is 18.3 Å². The molecule has 5 nitrogen and oxygen atoms in total. The molecule has 1 aliphatic carbocycles. The SMILES string of the molecule is C#CCOc1ccc(C(=O)NC2CN(CC3CC3)CCCC2O)cc1. The molecule has 0 spiro atoms. The highest BCUT2D eigenvalue weighted by atomic mass is 16.5. The fourth-order valence-corrected chi connectivity index (χ4v) is 3.27. The number of rotatable bonds is 6. The minimum absolute atomic E-state index is 0.166. The standard InChI is InChI=1S/C20H26N2O3/c1-2-12-25-17-9-7-16(8-10-17)20(24)21-18-14-22(13-15-5-6-15)11-3-4-19(18)23/h1,7-10,15,18-19,23H,3-6,11-14H2,(H,21,24). The van der Waals surface area contributed by atoms with Gasteiger partial charge in [0.25, 0.3) is 5.91 Å². The smallest absolute Gasteiger partial charge is 0.251 e. The van der Waals surface area contributed by atoms with E-state index in [4.69, 9.17) is 11.2 Å². The van der Waals surface area contributed by atoms with Crippen molar-refractivity contribution in [3.05, 3.63) is 29.8 Å². The van der Waals surface area contributed by atoms with Gasteiger partial charge in [0.05, 0.1) is 12.1 Å². The fourth-order valence-electron chi connectivity index (χ4n) is 3.27. The fraction of sp³-hybridized carbons (Fsp3) is 0.550. The van der Waals surface area contributed by atoms with Crippen molar-refractivity contribution in [2.75, 3.05) is 26.2 Å². The first-order valence-corrected chi connectivity index (χ1v) is 9.03. The summed E-state index contributed by atoms with van der Waals surface area (Å²) in [7, 11) is 0. The lowest BCUT2D eigenvalue weighted by Gasteiger charge is -2.27. The number of terminal acetylenes is 1.